The van der Waals surface area contributed by atoms with Gasteiger partial charge in [0.2, 0.25) is 0 Å². The lowest BCUT2D eigenvalue weighted by molar-refractivity contribution is -0.0110. The van der Waals surface area contributed by atoms with E-state index in [2.05, 4.69) is 52.4 Å². The van der Waals surface area contributed by atoms with Crippen LogP contribution in [0.1, 0.15) is 38.1 Å². The normalized spacial score (nSPS) is 20.4. The van der Waals surface area contributed by atoms with Gasteiger partial charge in [0.15, 0.2) is 0 Å². The molecule has 3 aromatic rings. The van der Waals surface area contributed by atoms with Crippen molar-refractivity contribution in [1.29, 1.82) is 0 Å². The molecule has 1 unspecified atom stereocenters. The molecule has 2 heterocycles. The molecule has 5 rings (SSSR count). The molecule has 1 atom stereocenters. The van der Waals surface area contributed by atoms with Gasteiger partial charge in [-0.1, -0.05) is 18.2 Å². The summed E-state index contributed by atoms with van der Waals surface area (Å²) in [7, 11) is 0. The van der Waals surface area contributed by atoms with Crippen LogP contribution >= 0.6 is 0 Å². The maximum absolute atomic E-state index is 6.00. The molecule has 134 valence electrons. The van der Waals surface area contributed by atoms with Crippen molar-refractivity contribution in [3.05, 3.63) is 48.8 Å². The van der Waals surface area contributed by atoms with Crippen LogP contribution in [0.3, 0.4) is 0 Å². The van der Waals surface area contributed by atoms with Crippen molar-refractivity contribution in [1.82, 2.24) is 9.78 Å². The van der Waals surface area contributed by atoms with Crippen molar-refractivity contribution < 1.29 is 9.47 Å². The van der Waals surface area contributed by atoms with Gasteiger partial charge in [-0.3, -0.25) is 4.68 Å². The van der Waals surface area contributed by atoms with Crippen LogP contribution in [0.15, 0.2) is 48.8 Å². The van der Waals surface area contributed by atoms with Crippen LogP contribution in [-0.2, 0) is 4.74 Å². The minimum Gasteiger partial charge on any atom is -0.491 e. The average molecular weight is 348 g/mol. The quantitative estimate of drug-likeness (QED) is 0.652. The first-order valence-corrected chi connectivity index (χ1v) is 9.68. The number of ether oxygens (including phenoxy) is 2. The molecule has 0 spiro atoms. The van der Waals surface area contributed by atoms with Crippen LogP contribution in [0.2, 0.25) is 0 Å². The van der Waals surface area contributed by atoms with Gasteiger partial charge in [0.1, 0.15) is 12.4 Å². The number of fused-ring (bicyclic) bond motifs is 1. The monoisotopic (exact) mass is 348 g/mol. The van der Waals surface area contributed by atoms with E-state index in [-0.39, 0.29) is 6.10 Å². The summed E-state index contributed by atoms with van der Waals surface area (Å²) in [5, 5.41) is 6.94. The first kappa shape index (κ1) is 15.9. The Morgan fingerprint density at radius 3 is 2.77 bits per heavy atom. The molecule has 26 heavy (non-hydrogen) atoms. The lowest BCUT2D eigenvalue weighted by Gasteiger charge is -2.22. The second kappa shape index (κ2) is 6.76. The average Bonchev–Trinajstić information content (AvgIpc) is 3.43. The zero-order valence-electron chi connectivity index (χ0n) is 14.9. The summed E-state index contributed by atoms with van der Waals surface area (Å²) >= 11 is 0. The van der Waals surface area contributed by atoms with Crippen molar-refractivity contribution in [2.75, 3.05) is 13.2 Å². The fourth-order valence-electron chi connectivity index (χ4n) is 3.65. The highest BCUT2D eigenvalue weighted by Crippen LogP contribution is 2.35. The number of nitrogens with zero attached hydrogens (tertiary/aromatic N) is 2. The summed E-state index contributed by atoms with van der Waals surface area (Å²) in [6.07, 6.45) is 10.4. The van der Waals surface area contributed by atoms with E-state index in [9.17, 15) is 0 Å². The van der Waals surface area contributed by atoms with E-state index >= 15 is 0 Å². The van der Waals surface area contributed by atoms with Crippen molar-refractivity contribution in [3.63, 3.8) is 0 Å². The highest BCUT2D eigenvalue weighted by molar-refractivity contribution is 5.88. The van der Waals surface area contributed by atoms with Gasteiger partial charge in [0.25, 0.3) is 0 Å². The zero-order valence-corrected chi connectivity index (χ0v) is 14.9. The first-order valence-electron chi connectivity index (χ1n) is 9.68. The molecule has 1 aliphatic carbocycles. The molecular formula is C22H24N2O2. The summed E-state index contributed by atoms with van der Waals surface area (Å²) in [6.45, 7) is 1.50. The largest absolute Gasteiger partial charge is 0.491 e. The van der Waals surface area contributed by atoms with Crippen molar-refractivity contribution in [3.8, 4) is 16.9 Å². The molecular weight excluding hydrogens is 324 g/mol. The van der Waals surface area contributed by atoms with Crippen LogP contribution in [0.25, 0.3) is 21.9 Å². The third-order valence-electron chi connectivity index (χ3n) is 5.38. The molecule has 0 bridgehead atoms. The number of hydrogen-bond donors (Lipinski definition) is 0. The van der Waals surface area contributed by atoms with Crippen LogP contribution < -0.4 is 4.74 Å². The Morgan fingerprint density at radius 1 is 1.00 bits per heavy atom. The molecule has 0 N–H and O–H groups in total. The van der Waals surface area contributed by atoms with Crippen molar-refractivity contribution in [2.24, 2.45) is 0 Å². The lowest BCUT2D eigenvalue weighted by Crippen LogP contribution is -2.25. The Balaban J connectivity index is 1.35. The van der Waals surface area contributed by atoms with Gasteiger partial charge < -0.3 is 9.47 Å². The van der Waals surface area contributed by atoms with Crippen LogP contribution in [0.5, 0.6) is 5.75 Å². The highest BCUT2D eigenvalue weighted by Gasteiger charge is 2.24. The van der Waals surface area contributed by atoms with Gasteiger partial charge in [0.05, 0.1) is 18.3 Å². The van der Waals surface area contributed by atoms with E-state index in [0.717, 1.165) is 18.8 Å². The molecule has 1 aliphatic heterocycles. The van der Waals surface area contributed by atoms with E-state index in [1.54, 1.807) is 0 Å². The lowest BCUT2D eigenvalue weighted by atomic mass is 10.0. The first-order chi connectivity index (χ1) is 12.8. The Morgan fingerprint density at radius 2 is 1.92 bits per heavy atom. The molecule has 4 heteroatoms. The maximum atomic E-state index is 6.00. The van der Waals surface area contributed by atoms with Crippen molar-refractivity contribution >= 4 is 10.8 Å². The third-order valence-corrected chi connectivity index (χ3v) is 5.38. The summed E-state index contributed by atoms with van der Waals surface area (Å²) < 4.78 is 13.9. The summed E-state index contributed by atoms with van der Waals surface area (Å²) in [4.78, 5) is 0. The summed E-state index contributed by atoms with van der Waals surface area (Å²) in [5.41, 5.74) is 2.39. The van der Waals surface area contributed by atoms with Crippen molar-refractivity contribution in [2.45, 2.75) is 44.2 Å². The fraction of sp³-hybridized carbons (Fsp3) is 0.409. The molecule has 2 aromatic carbocycles. The predicted molar refractivity (Wildman–Crippen MR) is 103 cm³/mol. The molecule has 1 saturated carbocycles. The van der Waals surface area contributed by atoms with Gasteiger partial charge in [-0.05, 0) is 66.6 Å². The van der Waals surface area contributed by atoms with Gasteiger partial charge in [-0.15, -0.1) is 0 Å². The van der Waals surface area contributed by atoms with Crippen LogP contribution in [0, 0.1) is 0 Å². The zero-order chi connectivity index (χ0) is 17.3. The summed E-state index contributed by atoms with van der Waals surface area (Å²) in [5.74, 6) is 0.914. The van der Waals surface area contributed by atoms with E-state index in [4.69, 9.17) is 9.47 Å². The number of hydrogen-bond acceptors (Lipinski definition) is 3. The topological polar surface area (TPSA) is 36.3 Å². The van der Waals surface area contributed by atoms with Gasteiger partial charge >= 0.3 is 0 Å². The number of rotatable bonds is 5. The van der Waals surface area contributed by atoms with E-state index in [0.29, 0.717) is 12.6 Å². The smallest absolute Gasteiger partial charge is 0.120 e. The van der Waals surface area contributed by atoms with E-state index < -0.39 is 0 Å². The Labute approximate surface area is 153 Å². The molecule has 1 saturated heterocycles. The maximum Gasteiger partial charge on any atom is 0.120 e. The molecule has 0 amide bonds. The Bertz CT molecular complexity index is 907. The SMILES string of the molecule is c1cc2ccc(-c3cnn(C4CC4)c3)cc2cc1OCC1CCCCO1. The fourth-order valence-corrected chi connectivity index (χ4v) is 3.65. The van der Waals surface area contributed by atoms with Crippen LogP contribution in [0.4, 0.5) is 0 Å². The molecule has 0 radical (unpaired) electrons. The van der Waals surface area contributed by atoms with Crippen LogP contribution in [-0.4, -0.2) is 29.1 Å². The van der Waals surface area contributed by atoms with E-state index in [1.807, 2.05) is 6.20 Å². The molecule has 4 nitrogen and oxygen atoms in total. The second-order valence-corrected chi connectivity index (χ2v) is 7.46. The molecule has 2 fully saturated rings. The number of benzene rings is 2. The van der Waals surface area contributed by atoms with Gasteiger partial charge in [-0.25, -0.2) is 0 Å². The molecule has 2 aliphatic rings. The second-order valence-electron chi connectivity index (χ2n) is 7.46. The predicted octanol–water partition coefficient (Wildman–Crippen LogP) is 4.99. The molecule has 1 aromatic heterocycles. The minimum absolute atomic E-state index is 0.235. The minimum atomic E-state index is 0.235. The summed E-state index contributed by atoms with van der Waals surface area (Å²) in [6, 6.07) is 13.5. The standard InChI is InChI=1S/C22H24N2O2/c1-2-10-25-22(3-1)15-26-21-9-6-16-4-5-17(11-18(16)12-21)19-13-23-24(14-19)20-7-8-20/h4-6,9,11-14,20,22H,1-3,7-8,10,15H2. The van der Waals surface area contributed by atoms with E-state index in [1.165, 1.54) is 47.6 Å². The van der Waals surface area contributed by atoms with Gasteiger partial charge in [0, 0.05) is 18.4 Å². The van der Waals surface area contributed by atoms with Gasteiger partial charge in [-0.2, -0.15) is 5.10 Å². The highest BCUT2D eigenvalue weighted by atomic mass is 16.5. The Kier molecular flexibility index (Phi) is 4.13. The third kappa shape index (κ3) is 3.34. The number of aromatic nitrogens is 2. The Hall–Kier alpha value is -2.33.